The van der Waals surface area contributed by atoms with Gasteiger partial charge in [0.15, 0.2) is 5.58 Å². The molecule has 0 aliphatic heterocycles. The van der Waals surface area contributed by atoms with Crippen LogP contribution in [0.4, 0.5) is 0 Å². The SMILES string of the molecule is ClCc1ccccc1-c1cc2cc(Cl)cc(Cl)c2o1. The summed E-state index contributed by atoms with van der Waals surface area (Å²) in [6, 6.07) is 13.3. The Morgan fingerprint density at radius 3 is 2.58 bits per heavy atom. The highest BCUT2D eigenvalue weighted by molar-refractivity contribution is 6.38. The average Bonchev–Trinajstić information content (AvgIpc) is 2.82. The predicted octanol–water partition coefficient (Wildman–Crippen LogP) is 6.15. The largest absolute Gasteiger partial charge is 0.455 e. The standard InChI is InChI=1S/C15H9Cl3O/c16-8-9-3-1-2-4-12(9)14-6-10-5-11(17)7-13(18)15(10)19-14/h1-7H,8H2. The highest BCUT2D eigenvalue weighted by Gasteiger charge is 2.12. The normalized spacial score (nSPS) is 11.1. The monoisotopic (exact) mass is 310 g/mol. The van der Waals surface area contributed by atoms with Crippen LogP contribution >= 0.6 is 34.8 Å². The molecule has 0 atom stereocenters. The quantitative estimate of drug-likeness (QED) is 0.518. The van der Waals surface area contributed by atoms with Crippen molar-refractivity contribution in [3.05, 3.63) is 58.1 Å². The summed E-state index contributed by atoms with van der Waals surface area (Å²) in [6.45, 7) is 0. The number of benzene rings is 2. The second-order valence-electron chi connectivity index (χ2n) is 4.21. The Morgan fingerprint density at radius 2 is 1.79 bits per heavy atom. The minimum atomic E-state index is 0.432. The van der Waals surface area contributed by atoms with Gasteiger partial charge in [-0.25, -0.2) is 0 Å². The molecule has 0 saturated heterocycles. The molecule has 0 bridgehead atoms. The number of furan rings is 1. The number of halogens is 3. The maximum atomic E-state index is 6.13. The molecule has 0 N–H and O–H groups in total. The summed E-state index contributed by atoms with van der Waals surface area (Å²) in [5, 5.41) is 1.99. The van der Waals surface area contributed by atoms with Crippen molar-refractivity contribution in [1.29, 1.82) is 0 Å². The number of rotatable bonds is 2. The van der Waals surface area contributed by atoms with Crippen molar-refractivity contribution in [3.63, 3.8) is 0 Å². The molecule has 1 aromatic heterocycles. The molecule has 1 heterocycles. The van der Waals surface area contributed by atoms with Crippen LogP contribution in [-0.4, -0.2) is 0 Å². The Balaban J connectivity index is 2.23. The summed E-state index contributed by atoms with van der Waals surface area (Å²) in [5.41, 5.74) is 2.64. The van der Waals surface area contributed by atoms with Crippen LogP contribution in [0.25, 0.3) is 22.3 Å². The van der Waals surface area contributed by atoms with E-state index in [1.54, 1.807) is 6.07 Å². The summed E-state index contributed by atoms with van der Waals surface area (Å²) >= 11 is 18.1. The molecule has 2 aromatic carbocycles. The molecule has 0 amide bonds. The van der Waals surface area contributed by atoms with Gasteiger partial charge < -0.3 is 4.42 Å². The van der Waals surface area contributed by atoms with E-state index in [2.05, 4.69) is 0 Å². The molecule has 0 spiro atoms. The third-order valence-electron chi connectivity index (χ3n) is 2.96. The predicted molar refractivity (Wildman–Crippen MR) is 81.2 cm³/mol. The molecule has 19 heavy (non-hydrogen) atoms. The van der Waals surface area contributed by atoms with E-state index in [0.29, 0.717) is 21.5 Å². The summed E-state index contributed by atoms with van der Waals surface area (Å²) in [5.74, 6) is 1.18. The molecule has 4 heteroatoms. The van der Waals surface area contributed by atoms with E-state index in [1.165, 1.54) is 0 Å². The molecule has 0 aliphatic rings. The maximum absolute atomic E-state index is 6.13. The van der Waals surface area contributed by atoms with Gasteiger partial charge in [0.05, 0.1) is 5.02 Å². The van der Waals surface area contributed by atoms with Crippen molar-refractivity contribution in [2.45, 2.75) is 5.88 Å². The van der Waals surface area contributed by atoms with E-state index >= 15 is 0 Å². The zero-order valence-electron chi connectivity index (χ0n) is 9.79. The third-order valence-corrected chi connectivity index (χ3v) is 3.75. The molecule has 3 aromatic rings. The van der Waals surface area contributed by atoms with Gasteiger partial charge >= 0.3 is 0 Å². The van der Waals surface area contributed by atoms with Crippen LogP contribution in [0.3, 0.4) is 0 Å². The number of alkyl halides is 1. The van der Waals surface area contributed by atoms with E-state index in [-0.39, 0.29) is 0 Å². The lowest BCUT2D eigenvalue weighted by atomic mass is 10.1. The molecule has 1 nitrogen and oxygen atoms in total. The Morgan fingerprint density at radius 1 is 1.00 bits per heavy atom. The molecule has 0 unspecified atom stereocenters. The molecular weight excluding hydrogens is 303 g/mol. The van der Waals surface area contributed by atoms with Crippen LogP contribution in [0.2, 0.25) is 10.0 Å². The van der Waals surface area contributed by atoms with Gasteiger partial charge in [-0.2, -0.15) is 0 Å². The lowest BCUT2D eigenvalue weighted by Gasteiger charge is -2.02. The Bertz CT molecular complexity index is 746. The van der Waals surface area contributed by atoms with Gasteiger partial charge in [0, 0.05) is 21.9 Å². The third kappa shape index (κ3) is 2.34. The summed E-state index contributed by atoms with van der Waals surface area (Å²) < 4.78 is 5.83. The summed E-state index contributed by atoms with van der Waals surface area (Å²) in [4.78, 5) is 0. The highest BCUT2D eigenvalue weighted by atomic mass is 35.5. The average molecular weight is 312 g/mol. The number of fused-ring (bicyclic) bond motifs is 1. The molecule has 0 aliphatic carbocycles. The van der Waals surface area contributed by atoms with Gasteiger partial charge in [0.1, 0.15) is 5.76 Å². The van der Waals surface area contributed by atoms with E-state index in [4.69, 9.17) is 39.2 Å². The lowest BCUT2D eigenvalue weighted by molar-refractivity contribution is 0.631. The fourth-order valence-electron chi connectivity index (χ4n) is 2.09. The van der Waals surface area contributed by atoms with Gasteiger partial charge in [0.25, 0.3) is 0 Å². The minimum Gasteiger partial charge on any atom is -0.455 e. The first-order valence-electron chi connectivity index (χ1n) is 5.72. The molecule has 96 valence electrons. The van der Waals surface area contributed by atoms with Crippen LogP contribution < -0.4 is 0 Å². The fourth-order valence-corrected chi connectivity index (χ4v) is 2.87. The molecular formula is C15H9Cl3O. The van der Waals surface area contributed by atoms with Crippen LogP contribution in [0.15, 0.2) is 46.9 Å². The first-order valence-corrected chi connectivity index (χ1v) is 7.01. The van der Waals surface area contributed by atoms with Crippen molar-refractivity contribution in [1.82, 2.24) is 0 Å². The fraction of sp³-hybridized carbons (Fsp3) is 0.0667. The van der Waals surface area contributed by atoms with E-state index in [9.17, 15) is 0 Å². The lowest BCUT2D eigenvalue weighted by Crippen LogP contribution is -1.83. The number of hydrogen-bond acceptors (Lipinski definition) is 1. The van der Waals surface area contributed by atoms with E-state index in [0.717, 1.165) is 22.3 Å². The highest BCUT2D eigenvalue weighted by Crippen LogP contribution is 2.35. The second kappa shape index (κ2) is 5.09. The summed E-state index contributed by atoms with van der Waals surface area (Å²) in [6.07, 6.45) is 0. The maximum Gasteiger partial charge on any atom is 0.153 e. The summed E-state index contributed by atoms with van der Waals surface area (Å²) in [7, 11) is 0. The van der Waals surface area contributed by atoms with Crippen molar-refractivity contribution in [3.8, 4) is 11.3 Å². The van der Waals surface area contributed by atoms with Gasteiger partial charge in [-0.05, 0) is 23.8 Å². The molecule has 0 saturated carbocycles. The van der Waals surface area contributed by atoms with Gasteiger partial charge in [0.2, 0.25) is 0 Å². The Hall–Kier alpha value is -1.15. The van der Waals surface area contributed by atoms with Crippen molar-refractivity contribution < 1.29 is 4.42 Å². The van der Waals surface area contributed by atoms with Gasteiger partial charge in [-0.3, -0.25) is 0 Å². The minimum absolute atomic E-state index is 0.432. The zero-order valence-corrected chi connectivity index (χ0v) is 12.1. The molecule has 0 radical (unpaired) electrons. The van der Waals surface area contributed by atoms with Crippen molar-refractivity contribution in [2.24, 2.45) is 0 Å². The second-order valence-corrected chi connectivity index (χ2v) is 5.32. The van der Waals surface area contributed by atoms with Crippen molar-refractivity contribution in [2.75, 3.05) is 0 Å². The first-order chi connectivity index (χ1) is 9.19. The molecule has 0 fully saturated rings. The van der Waals surface area contributed by atoms with Crippen LogP contribution in [-0.2, 0) is 5.88 Å². The van der Waals surface area contributed by atoms with Crippen LogP contribution in [0.1, 0.15) is 5.56 Å². The van der Waals surface area contributed by atoms with Crippen molar-refractivity contribution >= 4 is 45.8 Å². The van der Waals surface area contributed by atoms with Crippen LogP contribution in [0, 0.1) is 0 Å². The topological polar surface area (TPSA) is 13.1 Å². The smallest absolute Gasteiger partial charge is 0.153 e. The molecule has 3 rings (SSSR count). The van der Waals surface area contributed by atoms with Gasteiger partial charge in [-0.15, -0.1) is 11.6 Å². The van der Waals surface area contributed by atoms with Gasteiger partial charge in [-0.1, -0.05) is 47.5 Å². The first kappa shape index (κ1) is 12.9. The Labute approximate surface area is 125 Å². The van der Waals surface area contributed by atoms with E-state index < -0.39 is 0 Å². The Kier molecular flexibility index (Phi) is 3.44. The van der Waals surface area contributed by atoms with E-state index in [1.807, 2.05) is 36.4 Å². The zero-order chi connectivity index (χ0) is 13.4. The van der Waals surface area contributed by atoms with Crippen LogP contribution in [0.5, 0.6) is 0 Å². The number of hydrogen-bond donors (Lipinski definition) is 0.